The van der Waals surface area contributed by atoms with Crippen molar-refractivity contribution in [2.45, 2.75) is 53.2 Å². The van der Waals surface area contributed by atoms with E-state index in [2.05, 4.69) is 159 Å². The van der Waals surface area contributed by atoms with Gasteiger partial charge in [-0.05, 0) is 101 Å². The molecular formula is C56H46FIrN3O-2. The van der Waals surface area contributed by atoms with E-state index in [0.717, 1.165) is 56.6 Å². The normalized spacial score (nSPS) is 13.1. The van der Waals surface area contributed by atoms with Crippen LogP contribution < -0.4 is 0 Å². The van der Waals surface area contributed by atoms with Crippen LogP contribution in [0.5, 0.6) is 0 Å². The average molecular weight is 994 g/mol. The maximum Gasteiger partial charge on any atom is 0.120 e. The molecule has 0 unspecified atom stereocenters. The van der Waals surface area contributed by atoms with Crippen molar-refractivity contribution >= 4 is 33.0 Å². The Balaban J connectivity index is 0.000000240. The second-order valence-electron chi connectivity index (χ2n) is 15.7. The second-order valence-corrected chi connectivity index (χ2v) is 15.7. The molecule has 0 N–H and O–H groups in total. The van der Waals surface area contributed by atoms with Crippen molar-refractivity contribution in [1.82, 2.24) is 14.5 Å². The molecule has 0 saturated carbocycles. The number of para-hydroxylation sites is 3. The van der Waals surface area contributed by atoms with Crippen LogP contribution in [0, 0.1) is 31.7 Å². The molecule has 309 valence electrons. The number of imidazole rings is 1. The molecule has 1 radical (unpaired) electrons. The van der Waals surface area contributed by atoms with Gasteiger partial charge >= 0.3 is 0 Å². The standard InChI is InChI=1S/C43H35N2O.C13H11FN.Ir/c1-27(2)36-25-32(31-23-21-30(22-24-31)29-13-6-5-7-14-29)26-37(28(3)4)41(36)45-39-19-10-9-18-38(39)44-43(45)35-17-12-16-34-33-15-8-11-20-40(33)46-42(34)35;1-9-7-13(15-8-10(9)2)11-3-5-12(14)6-4-11;/h5-16,18-28H,1-4H3;3,5-8H,1-2H3;/q2*-1;/i;1D3,2D3;. The van der Waals surface area contributed by atoms with Crippen LogP contribution in [0.4, 0.5) is 4.39 Å². The maximum absolute atomic E-state index is 12.9. The van der Waals surface area contributed by atoms with E-state index < -0.39 is 19.5 Å². The number of hydrogen-bond acceptors (Lipinski definition) is 3. The summed E-state index contributed by atoms with van der Waals surface area (Å²) in [6.07, 6.45) is 1.03. The van der Waals surface area contributed by atoms with Crippen molar-refractivity contribution in [1.29, 1.82) is 0 Å². The first kappa shape index (κ1) is 35.2. The molecule has 6 heteroatoms. The van der Waals surface area contributed by atoms with Gasteiger partial charge in [-0.1, -0.05) is 135 Å². The Bertz CT molecular complexity index is 3370. The van der Waals surface area contributed by atoms with Crippen molar-refractivity contribution < 1.29 is 37.1 Å². The fourth-order valence-electron chi connectivity index (χ4n) is 7.92. The summed E-state index contributed by atoms with van der Waals surface area (Å²) in [6.45, 7) is 4.00. The molecule has 3 aromatic heterocycles. The van der Waals surface area contributed by atoms with Crippen LogP contribution in [-0.4, -0.2) is 14.5 Å². The van der Waals surface area contributed by atoms with Crippen molar-refractivity contribution in [3.8, 4) is 50.6 Å². The monoisotopic (exact) mass is 994 g/mol. The van der Waals surface area contributed by atoms with Crippen LogP contribution in [0.2, 0.25) is 0 Å². The molecule has 0 fully saturated rings. The molecule has 62 heavy (non-hydrogen) atoms. The predicted octanol–water partition coefficient (Wildman–Crippen LogP) is 15.3. The third kappa shape index (κ3) is 8.16. The molecule has 0 saturated heterocycles. The fraction of sp³-hybridized carbons (Fsp3) is 0.143. The van der Waals surface area contributed by atoms with Crippen LogP contribution >= 0.6 is 0 Å². The largest absolute Gasteiger partial charge is 0.501 e. The van der Waals surface area contributed by atoms with E-state index in [4.69, 9.17) is 17.6 Å². The molecule has 0 aliphatic heterocycles. The van der Waals surface area contributed by atoms with Gasteiger partial charge in [0.1, 0.15) is 5.58 Å². The summed E-state index contributed by atoms with van der Waals surface area (Å²) in [5.41, 5.74) is 13.3. The molecule has 0 spiro atoms. The SMILES string of the molecule is CC(C)c1cc(-c2ccc(-c3ccccc3)cc2)cc(C(C)C)c1-n1c(-c2[c-]ccc3c2oc2ccccc23)nc2ccccc21.[2H]C([2H])([2H])c1cnc(-c2[c-]cc(F)cc2)cc1C([2H])([2H])[2H].[Ir]. The maximum atomic E-state index is 12.9. The molecule has 0 amide bonds. The first-order valence-corrected chi connectivity index (χ1v) is 20.4. The third-order valence-electron chi connectivity index (χ3n) is 11.0. The number of rotatable bonds is 7. The van der Waals surface area contributed by atoms with Gasteiger partial charge in [0.2, 0.25) is 0 Å². The van der Waals surface area contributed by atoms with Crippen molar-refractivity contribution in [3.05, 3.63) is 198 Å². The Hall–Kier alpha value is -6.46. The van der Waals surface area contributed by atoms with Crippen LogP contribution in [-0.2, 0) is 20.1 Å². The summed E-state index contributed by atoms with van der Waals surface area (Å²) in [5, 5.41) is 2.18. The Morgan fingerprint density at radius 2 is 1.32 bits per heavy atom. The summed E-state index contributed by atoms with van der Waals surface area (Å²) in [7, 11) is 0. The molecule has 10 aromatic rings. The van der Waals surface area contributed by atoms with Crippen LogP contribution in [0.3, 0.4) is 0 Å². The minimum Gasteiger partial charge on any atom is -0.501 e. The van der Waals surface area contributed by atoms with Gasteiger partial charge in [-0.2, -0.15) is 0 Å². The number of pyridine rings is 1. The molecule has 3 heterocycles. The van der Waals surface area contributed by atoms with E-state index in [1.807, 2.05) is 18.2 Å². The molecule has 0 atom stereocenters. The number of aromatic nitrogens is 3. The fourth-order valence-corrected chi connectivity index (χ4v) is 7.92. The van der Waals surface area contributed by atoms with Crippen LogP contribution in [0.15, 0.2) is 162 Å². The molecule has 7 aromatic carbocycles. The average Bonchev–Trinajstić information content (AvgIpc) is 3.90. The van der Waals surface area contributed by atoms with Gasteiger partial charge in [-0.3, -0.25) is 9.37 Å². The zero-order chi connectivity index (χ0) is 47.2. The minimum atomic E-state index is -2.58. The zero-order valence-corrected chi connectivity index (χ0v) is 37.0. The number of hydrogen-bond donors (Lipinski definition) is 0. The van der Waals surface area contributed by atoms with E-state index in [1.54, 1.807) is 0 Å². The number of benzene rings is 7. The van der Waals surface area contributed by atoms with E-state index in [-0.39, 0.29) is 48.8 Å². The molecule has 0 aliphatic rings. The number of fused-ring (bicyclic) bond motifs is 4. The summed E-state index contributed by atoms with van der Waals surface area (Å²) < 4.78 is 66.3. The van der Waals surface area contributed by atoms with Gasteiger partial charge in [0, 0.05) is 51.4 Å². The summed E-state index contributed by atoms with van der Waals surface area (Å²) in [5.74, 6) is 0.913. The van der Waals surface area contributed by atoms with Gasteiger partial charge in [0.15, 0.2) is 0 Å². The quantitative estimate of drug-likeness (QED) is 0.149. The smallest absolute Gasteiger partial charge is 0.120 e. The number of nitrogens with zero attached hydrogens (tertiary/aromatic N) is 3. The Kier molecular flexibility index (Phi) is 10.1. The van der Waals surface area contributed by atoms with E-state index in [0.29, 0.717) is 5.56 Å². The summed E-state index contributed by atoms with van der Waals surface area (Å²) in [6, 6.07) is 56.1. The van der Waals surface area contributed by atoms with E-state index in [1.165, 1.54) is 57.3 Å². The molecule has 0 aliphatic carbocycles. The van der Waals surface area contributed by atoms with Gasteiger partial charge in [0.25, 0.3) is 0 Å². The molecule has 10 rings (SSSR count). The molecular weight excluding hydrogens is 942 g/mol. The minimum absolute atomic E-state index is 0. The Labute approximate surface area is 384 Å². The second kappa shape index (κ2) is 17.9. The number of furan rings is 1. The van der Waals surface area contributed by atoms with Gasteiger partial charge in [-0.15, -0.1) is 48.0 Å². The molecule has 0 bridgehead atoms. The number of halogens is 1. The first-order chi connectivity index (χ1) is 32.1. The Morgan fingerprint density at radius 3 is 2.02 bits per heavy atom. The van der Waals surface area contributed by atoms with Crippen molar-refractivity contribution in [2.24, 2.45) is 0 Å². The van der Waals surface area contributed by atoms with E-state index >= 15 is 0 Å². The summed E-state index contributed by atoms with van der Waals surface area (Å²) in [4.78, 5) is 9.23. The summed E-state index contributed by atoms with van der Waals surface area (Å²) >= 11 is 0. The predicted molar refractivity (Wildman–Crippen MR) is 250 cm³/mol. The van der Waals surface area contributed by atoms with Crippen LogP contribution in [0.1, 0.15) is 70.0 Å². The van der Waals surface area contributed by atoms with Gasteiger partial charge < -0.3 is 14.0 Å². The Morgan fingerprint density at radius 1 is 0.661 bits per heavy atom. The van der Waals surface area contributed by atoms with Crippen LogP contribution in [0.25, 0.3) is 83.6 Å². The first-order valence-electron chi connectivity index (χ1n) is 23.4. The van der Waals surface area contributed by atoms with Gasteiger partial charge in [0.05, 0.1) is 22.4 Å². The third-order valence-corrected chi connectivity index (χ3v) is 11.0. The molecule has 4 nitrogen and oxygen atoms in total. The number of aryl methyl sites for hydroxylation is 2. The zero-order valence-electron chi connectivity index (χ0n) is 40.6. The van der Waals surface area contributed by atoms with E-state index in [9.17, 15) is 4.39 Å². The van der Waals surface area contributed by atoms with Crippen molar-refractivity contribution in [2.75, 3.05) is 0 Å². The topological polar surface area (TPSA) is 43.9 Å². The van der Waals surface area contributed by atoms with Crippen molar-refractivity contribution in [3.63, 3.8) is 0 Å². The van der Waals surface area contributed by atoms with Gasteiger partial charge in [-0.25, -0.2) is 0 Å².